The molecule has 136 valence electrons. The molecule has 2 atom stereocenters. The van der Waals surface area contributed by atoms with Gasteiger partial charge in [-0.05, 0) is 31.5 Å². The highest BCUT2D eigenvalue weighted by Gasteiger charge is 2.17. The van der Waals surface area contributed by atoms with Crippen LogP contribution in [0.4, 0.5) is 4.79 Å². The minimum absolute atomic E-state index is 0.0116. The Kier molecular flexibility index (Phi) is 6.18. The van der Waals surface area contributed by atoms with E-state index in [4.69, 9.17) is 14.0 Å². The second-order valence-corrected chi connectivity index (χ2v) is 5.42. The number of aliphatic hydroxyl groups excluding tert-OH is 1. The van der Waals surface area contributed by atoms with E-state index in [9.17, 15) is 9.90 Å². The summed E-state index contributed by atoms with van der Waals surface area (Å²) in [4.78, 5) is 16.0. The van der Waals surface area contributed by atoms with Gasteiger partial charge in [0, 0.05) is 12.6 Å². The van der Waals surface area contributed by atoms with Crippen molar-refractivity contribution in [1.29, 1.82) is 0 Å². The number of aryl methyl sites for hydroxylation is 1. The Morgan fingerprint density at radius 3 is 2.44 bits per heavy atom. The molecule has 1 aromatic carbocycles. The fraction of sp³-hybridized carbons (Fsp3) is 0.438. The van der Waals surface area contributed by atoms with E-state index in [-0.39, 0.29) is 6.54 Å². The highest BCUT2D eigenvalue weighted by molar-refractivity contribution is 5.74. The fourth-order valence-electron chi connectivity index (χ4n) is 2.13. The van der Waals surface area contributed by atoms with Crippen molar-refractivity contribution < 1.29 is 23.9 Å². The number of nitrogens with zero attached hydrogens (tertiary/aromatic N) is 2. The third kappa shape index (κ3) is 5.08. The van der Waals surface area contributed by atoms with E-state index < -0.39 is 18.2 Å². The lowest BCUT2D eigenvalue weighted by atomic mass is 10.1. The second kappa shape index (κ2) is 8.34. The van der Waals surface area contributed by atoms with Crippen LogP contribution >= 0.6 is 0 Å². The number of rotatable bonds is 7. The van der Waals surface area contributed by atoms with Crippen molar-refractivity contribution in [3.8, 4) is 11.5 Å². The van der Waals surface area contributed by atoms with Crippen molar-refractivity contribution in [1.82, 2.24) is 20.8 Å². The standard InChI is InChI=1S/C16H22N4O5/c1-9(15-19-10(2)20-25-15)18-16(22)17-8-14(21)11-5-12(23-3)7-13(6-11)24-4/h5-7,9,14,21H,8H2,1-4H3,(H2,17,18,22). The molecule has 0 aliphatic heterocycles. The smallest absolute Gasteiger partial charge is 0.315 e. The molecule has 1 aromatic heterocycles. The van der Waals surface area contributed by atoms with Crippen molar-refractivity contribution in [2.45, 2.75) is 26.0 Å². The van der Waals surface area contributed by atoms with Gasteiger partial charge in [-0.2, -0.15) is 4.98 Å². The molecular weight excluding hydrogens is 328 g/mol. The molecule has 0 saturated heterocycles. The summed E-state index contributed by atoms with van der Waals surface area (Å²) in [6.45, 7) is 3.42. The molecule has 2 aromatic rings. The lowest BCUT2D eigenvalue weighted by Gasteiger charge is -2.16. The highest BCUT2D eigenvalue weighted by atomic mass is 16.5. The van der Waals surface area contributed by atoms with Gasteiger partial charge in [-0.25, -0.2) is 4.79 Å². The number of carbonyl (C=O) groups is 1. The van der Waals surface area contributed by atoms with Crippen molar-refractivity contribution in [2.24, 2.45) is 0 Å². The van der Waals surface area contributed by atoms with Gasteiger partial charge in [0.2, 0.25) is 5.89 Å². The summed E-state index contributed by atoms with van der Waals surface area (Å²) < 4.78 is 15.3. The second-order valence-electron chi connectivity index (χ2n) is 5.42. The SMILES string of the molecule is COc1cc(OC)cc(C(O)CNC(=O)NC(C)c2nc(C)no2)c1. The zero-order valence-electron chi connectivity index (χ0n) is 14.6. The average Bonchev–Trinajstić information content (AvgIpc) is 3.05. The predicted octanol–water partition coefficient (Wildman–Crippen LogP) is 1.49. The number of methoxy groups -OCH3 is 2. The van der Waals surface area contributed by atoms with Gasteiger partial charge in [0.05, 0.1) is 20.3 Å². The number of carbonyl (C=O) groups excluding carboxylic acids is 1. The molecule has 0 saturated carbocycles. The molecule has 2 amide bonds. The number of benzene rings is 1. The van der Waals surface area contributed by atoms with Gasteiger partial charge in [-0.15, -0.1) is 0 Å². The van der Waals surface area contributed by atoms with Crippen molar-refractivity contribution >= 4 is 6.03 Å². The number of hydrogen-bond donors (Lipinski definition) is 3. The van der Waals surface area contributed by atoms with E-state index in [2.05, 4.69) is 20.8 Å². The molecular formula is C16H22N4O5. The van der Waals surface area contributed by atoms with Gasteiger partial charge in [-0.1, -0.05) is 5.16 Å². The third-order valence-electron chi connectivity index (χ3n) is 3.48. The van der Waals surface area contributed by atoms with Gasteiger partial charge in [0.25, 0.3) is 0 Å². The van der Waals surface area contributed by atoms with Crippen molar-refractivity contribution in [3.05, 3.63) is 35.5 Å². The first-order valence-corrected chi connectivity index (χ1v) is 7.68. The Labute approximate surface area is 145 Å². The molecule has 9 heteroatoms. The van der Waals surface area contributed by atoms with Gasteiger partial charge in [0.15, 0.2) is 5.82 Å². The van der Waals surface area contributed by atoms with Crippen LogP contribution in [-0.2, 0) is 0 Å². The lowest BCUT2D eigenvalue weighted by molar-refractivity contribution is 0.171. The Morgan fingerprint density at radius 1 is 1.28 bits per heavy atom. The van der Waals surface area contributed by atoms with Crippen LogP contribution in [-0.4, -0.2) is 42.0 Å². The molecule has 0 bridgehead atoms. The topological polar surface area (TPSA) is 119 Å². The molecule has 0 aliphatic rings. The molecule has 25 heavy (non-hydrogen) atoms. The molecule has 3 N–H and O–H groups in total. The zero-order valence-corrected chi connectivity index (χ0v) is 14.6. The summed E-state index contributed by atoms with van der Waals surface area (Å²) in [5.41, 5.74) is 0.567. The van der Waals surface area contributed by atoms with E-state index in [0.29, 0.717) is 28.8 Å². The monoisotopic (exact) mass is 350 g/mol. The molecule has 0 aliphatic carbocycles. The normalized spacial score (nSPS) is 13.0. The third-order valence-corrected chi connectivity index (χ3v) is 3.48. The maximum Gasteiger partial charge on any atom is 0.315 e. The summed E-state index contributed by atoms with van der Waals surface area (Å²) in [6, 6.07) is 4.14. The van der Waals surface area contributed by atoms with Crippen LogP contribution in [0.25, 0.3) is 0 Å². The minimum atomic E-state index is -0.921. The molecule has 0 fully saturated rings. The van der Waals surface area contributed by atoms with Crippen LogP contribution in [0.1, 0.15) is 36.3 Å². The van der Waals surface area contributed by atoms with Crippen LogP contribution in [0, 0.1) is 6.92 Å². The van der Waals surface area contributed by atoms with Crippen molar-refractivity contribution in [3.63, 3.8) is 0 Å². The van der Waals surface area contributed by atoms with Crippen LogP contribution in [0.15, 0.2) is 22.7 Å². The number of hydrogen-bond acceptors (Lipinski definition) is 7. The van der Waals surface area contributed by atoms with Crippen LogP contribution < -0.4 is 20.1 Å². The Morgan fingerprint density at radius 2 is 1.92 bits per heavy atom. The van der Waals surface area contributed by atoms with Crippen LogP contribution in [0.3, 0.4) is 0 Å². The summed E-state index contributed by atoms with van der Waals surface area (Å²) >= 11 is 0. The molecule has 1 heterocycles. The van der Waals surface area contributed by atoms with E-state index in [1.165, 1.54) is 14.2 Å². The van der Waals surface area contributed by atoms with Gasteiger partial charge in [0.1, 0.15) is 17.5 Å². The number of aliphatic hydroxyl groups is 1. The molecule has 0 spiro atoms. The van der Waals surface area contributed by atoms with E-state index >= 15 is 0 Å². The van der Waals surface area contributed by atoms with Crippen LogP contribution in [0.5, 0.6) is 11.5 Å². The Balaban J connectivity index is 1.90. The quantitative estimate of drug-likeness (QED) is 0.692. The summed E-state index contributed by atoms with van der Waals surface area (Å²) in [5, 5.41) is 19.2. The van der Waals surface area contributed by atoms with E-state index in [1.54, 1.807) is 32.0 Å². The van der Waals surface area contributed by atoms with E-state index in [1.807, 2.05) is 0 Å². The van der Waals surface area contributed by atoms with E-state index in [0.717, 1.165) is 0 Å². The lowest BCUT2D eigenvalue weighted by Crippen LogP contribution is -2.39. The maximum atomic E-state index is 11.9. The summed E-state index contributed by atoms with van der Waals surface area (Å²) in [7, 11) is 3.05. The Hall–Kier alpha value is -2.81. The van der Waals surface area contributed by atoms with Gasteiger partial charge >= 0.3 is 6.03 Å². The molecule has 0 radical (unpaired) electrons. The highest BCUT2D eigenvalue weighted by Crippen LogP contribution is 2.26. The number of nitrogens with one attached hydrogen (secondary N) is 2. The largest absolute Gasteiger partial charge is 0.497 e. The number of amides is 2. The zero-order chi connectivity index (χ0) is 18.4. The number of ether oxygens (including phenoxy) is 2. The average molecular weight is 350 g/mol. The van der Waals surface area contributed by atoms with Gasteiger partial charge < -0.3 is 29.7 Å². The maximum absolute atomic E-state index is 11.9. The molecule has 9 nitrogen and oxygen atoms in total. The summed E-state index contributed by atoms with van der Waals surface area (Å²) in [5.74, 6) is 1.91. The van der Waals surface area contributed by atoms with Crippen molar-refractivity contribution in [2.75, 3.05) is 20.8 Å². The first-order chi connectivity index (χ1) is 11.9. The number of urea groups is 1. The first-order valence-electron chi connectivity index (χ1n) is 7.68. The Bertz CT molecular complexity index is 696. The predicted molar refractivity (Wildman–Crippen MR) is 88.5 cm³/mol. The number of aromatic nitrogens is 2. The molecule has 2 rings (SSSR count). The molecule has 2 unspecified atom stereocenters. The summed E-state index contributed by atoms with van der Waals surface area (Å²) in [6.07, 6.45) is -0.921. The minimum Gasteiger partial charge on any atom is -0.497 e. The van der Waals surface area contributed by atoms with Gasteiger partial charge in [-0.3, -0.25) is 0 Å². The first kappa shape index (κ1) is 18.5. The fourth-order valence-corrected chi connectivity index (χ4v) is 2.13. The van der Waals surface area contributed by atoms with Crippen LogP contribution in [0.2, 0.25) is 0 Å².